The van der Waals surface area contributed by atoms with E-state index in [1.807, 2.05) is 52.0 Å². The number of halogens is 1. The second kappa shape index (κ2) is 10.6. The van der Waals surface area contributed by atoms with E-state index in [9.17, 15) is 9.18 Å². The van der Waals surface area contributed by atoms with Crippen LogP contribution in [0.2, 0.25) is 0 Å². The third kappa shape index (κ3) is 5.37. The zero-order chi connectivity index (χ0) is 27.8. The predicted octanol–water partition coefficient (Wildman–Crippen LogP) is 5.84. The predicted molar refractivity (Wildman–Crippen MR) is 151 cm³/mol. The van der Waals surface area contributed by atoms with Gasteiger partial charge in [0, 0.05) is 24.6 Å². The maximum absolute atomic E-state index is 14.4. The van der Waals surface area contributed by atoms with Gasteiger partial charge in [-0.15, -0.1) is 0 Å². The molecule has 0 atom stereocenters. The third-order valence-corrected chi connectivity index (χ3v) is 7.99. The molecule has 5 rings (SSSR count). The summed E-state index contributed by atoms with van der Waals surface area (Å²) in [4.78, 5) is 12.9. The summed E-state index contributed by atoms with van der Waals surface area (Å²) >= 11 is 0. The molecule has 2 aliphatic rings. The molecule has 39 heavy (non-hydrogen) atoms. The molecule has 8 heteroatoms. The van der Waals surface area contributed by atoms with E-state index in [1.165, 1.54) is 17.2 Å². The van der Waals surface area contributed by atoms with Crippen molar-refractivity contribution in [2.75, 3.05) is 13.2 Å². The van der Waals surface area contributed by atoms with Crippen LogP contribution in [-0.2, 0) is 20.6 Å². The van der Waals surface area contributed by atoms with Crippen LogP contribution in [-0.4, -0.2) is 37.6 Å². The van der Waals surface area contributed by atoms with Gasteiger partial charge in [-0.3, -0.25) is 0 Å². The number of fused-ring (bicyclic) bond motifs is 3. The highest BCUT2D eigenvalue weighted by atomic mass is 19.1. The normalized spacial score (nSPS) is 17.6. The highest BCUT2D eigenvalue weighted by molar-refractivity contribution is 6.56. The van der Waals surface area contributed by atoms with E-state index in [-0.39, 0.29) is 31.4 Å². The van der Waals surface area contributed by atoms with Gasteiger partial charge in [-0.05, 0) is 67.1 Å². The Labute approximate surface area is 229 Å². The molecule has 1 aliphatic heterocycles. The van der Waals surface area contributed by atoms with E-state index in [0.29, 0.717) is 16.6 Å². The number of rotatable bonds is 7. The van der Waals surface area contributed by atoms with Gasteiger partial charge in [0.25, 0.3) is 0 Å². The maximum atomic E-state index is 14.4. The molecular weight excluding hydrogens is 494 g/mol. The minimum Gasteiger partial charge on any atom is -0.449 e. The smallest absolute Gasteiger partial charge is 0.449 e. The molecule has 3 aromatic carbocycles. The number of nitrogens with two attached hydrogens (primary N) is 1. The van der Waals surface area contributed by atoms with E-state index < -0.39 is 24.4 Å². The molecule has 1 fully saturated rings. The quantitative estimate of drug-likeness (QED) is 0.377. The van der Waals surface area contributed by atoms with Crippen LogP contribution in [0.1, 0.15) is 55.9 Å². The molecule has 0 aromatic heterocycles. The Kier molecular flexibility index (Phi) is 7.38. The van der Waals surface area contributed by atoms with Crippen LogP contribution >= 0.6 is 0 Å². The average molecular weight is 528 g/mol. The summed E-state index contributed by atoms with van der Waals surface area (Å²) in [5.74, 6) is -0.422. The summed E-state index contributed by atoms with van der Waals surface area (Å²) in [6.45, 7) is 8.26. The average Bonchev–Trinajstić information content (AvgIpc) is 3.34. The summed E-state index contributed by atoms with van der Waals surface area (Å²) in [5.41, 5.74) is 10.8. The zero-order valence-corrected chi connectivity index (χ0v) is 22.8. The first-order valence-electron chi connectivity index (χ1n) is 13.2. The Morgan fingerprint density at radius 3 is 2.15 bits per heavy atom. The molecule has 1 saturated heterocycles. The number of ether oxygens (including phenoxy) is 1. The van der Waals surface area contributed by atoms with Crippen molar-refractivity contribution in [3.05, 3.63) is 100 Å². The van der Waals surface area contributed by atoms with Gasteiger partial charge in [0.1, 0.15) is 12.4 Å². The fraction of sp³-hybridized carbons (Fsp3) is 0.323. The maximum Gasteiger partial charge on any atom is 0.492 e. The van der Waals surface area contributed by atoms with Crippen molar-refractivity contribution in [3.8, 4) is 11.1 Å². The Morgan fingerprint density at radius 1 is 1.00 bits per heavy atom. The fourth-order valence-electron chi connectivity index (χ4n) is 5.05. The van der Waals surface area contributed by atoms with Crippen LogP contribution in [0.25, 0.3) is 17.2 Å². The summed E-state index contributed by atoms with van der Waals surface area (Å²) in [7, 11) is -0.721. The van der Waals surface area contributed by atoms with Gasteiger partial charge in [-0.2, -0.15) is 0 Å². The molecule has 3 N–H and O–H groups in total. The minimum absolute atomic E-state index is 0.0368. The molecule has 1 amide bonds. The highest BCUT2D eigenvalue weighted by Gasteiger charge is 2.52. The third-order valence-electron chi connectivity index (χ3n) is 7.99. The Hall–Kier alpha value is -3.46. The molecule has 0 bridgehead atoms. The van der Waals surface area contributed by atoms with Gasteiger partial charge < -0.3 is 25.1 Å². The lowest BCUT2D eigenvalue weighted by Crippen LogP contribution is -2.41. The van der Waals surface area contributed by atoms with Crippen LogP contribution in [0.15, 0.2) is 72.2 Å². The van der Waals surface area contributed by atoms with Crippen LogP contribution in [0, 0.1) is 5.82 Å². The second-order valence-electron chi connectivity index (χ2n) is 11.0. The Balaban J connectivity index is 1.31. The first-order valence-corrected chi connectivity index (χ1v) is 13.2. The largest absolute Gasteiger partial charge is 0.492 e. The summed E-state index contributed by atoms with van der Waals surface area (Å²) in [5, 5.41) is 2.84. The standard InChI is InChI=1S/C31H34BFN2O4/c1-30(2)31(3,4)39-32(38-30)22(15-20-13-14-21(17-34)28(33)16-20)18-35-29(36)37-19-27-25-11-7-5-9-23(25)24-10-6-8-12-26(24)27/h5-16,27H,17-19,34H2,1-4H3,(H,35,36). The number of carbonyl (C=O) groups is 1. The second-order valence-corrected chi connectivity index (χ2v) is 11.0. The summed E-state index contributed by atoms with van der Waals surface area (Å²) in [6, 6.07) is 21.2. The Bertz CT molecular complexity index is 1360. The molecule has 0 spiro atoms. The van der Waals surface area contributed by atoms with Gasteiger partial charge in [0.05, 0.1) is 11.2 Å². The summed E-state index contributed by atoms with van der Waals surface area (Å²) in [6.07, 6.45) is 1.22. The van der Waals surface area contributed by atoms with Crippen LogP contribution in [0.3, 0.4) is 0 Å². The molecule has 0 radical (unpaired) electrons. The van der Waals surface area contributed by atoms with Crippen LogP contribution in [0.5, 0.6) is 0 Å². The topological polar surface area (TPSA) is 82.8 Å². The SMILES string of the molecule is CC1(C)OB(C(=Cc2ccc(CN)c(F)c2)CNC(=O)OCC2c3ccccc3-c3ccccc32)OC1(C)C. The first kappa shape index (κ1) is 27.1. The number of hydrogen-bond acceptors (Lipinski definition) is 5. The van der Waals surface area contributed by atoms with Gasteiger partial charge >= 0.3 is 13.2 Å². The van der Waals surface area contributed by atoms with Crippen molar-refractivity contribution in [1.29, 1.82) is 0 Å². The van der Waals surface area contributed by atoms with Gasteiger partial charge in [0.2, 0.25) is 0 Å². The number of hydrogen-bond donors (Lipinski definition) is 2. The van der Waals surface area contributed by atoms with E-state index in [4.69, 9.17) is 19.8 Å². The van der Waals surface area contributed by atoms with Crippen molar-refractivity contribution in [2.24, 2.45) is 5.73 Å². The lowest BCUT2D eigenvalue weighted by Gasteiger charge is -2.32. The molecule has 0 saturated carbocycles. The van der Waals surface area contributed by atoms with Crippen molar-refractivity contribution < 1.29 is 23.2 Å². The van der Waals surface area contributed by atoms with Crippen molar-refractivity contribution in [1.82, 2.24) is 5.32 Å². The number of benzene rings is 3. The lowest BCUT2D eigenvalue weighted by atomic mass is 9.77. The monoisotopic (exact) mass is 528 g/mol. The number of nitrogens with one attached hydrogen (secondary N) is 1. The van der Waals surface area contributed by atoms with Crippen LogP contribution in [0.4, 0.5) is 9.18 Å². The van der Waals surface area contributed by atoms with E-state index in [1.54, 1.807) is 18.2 Å². The molecule has 3 aromatic rings. The zero-order valence-electron chi connectivity index (χ0n) is 22.8. The van der Waals surface area contributed by atoms with E-state index >= 15 is 0 Å². The number of amides is 1. The molecule has 202 valence electrons. The van der Waals surface area contributed by atoms with Crippen LogP contribution < -0.4 is 11.1 Å². The van der Waals surface area contributed by atoms with Gasteiger partial charge in [-0.1, -0.05) is 66.7 Å². The Morgan fingerprint density at radius 2 is 1.59 bits per heavy atom. The number of alkyl carbamates (subject to hydrolysis) is 1. The highest BCUT2D eigenvalue weighted by Crippen LogP contribution is 2.44. The van der Waals surface area contributed by atoms with E-state index in [2.05, 4.69) is 29.6 Å². The molecular formula is C31H34BFN2O4. The first-order chi connectivity index (χ1) is 18.6. The molecule has 1 heterocycles. The van der Waals surface area contributed by atoms with Crippen molar-refractivity contribution in [2.45, 2.75) is 51.4 Å². The minimum atomic E-state index is -0.721. The van der Waals surface area contributed by atoms with Gasteiger partial charge in [0.15, 0.2) is 0 Å². The fourth-order valence-corrected chi connectivity index (χ4v) is 5.05. The lowest BCUT2D eigenvalue weighted by molar-refractivity contribution is 0.00578. The summed E-state index contributed by atoms with van der Waals surface area (Å²) < 4.78 is 32.6. The number of carbonyl (C=O) groups excluding carboxylic acids is 1. The molecule has 1 aliphatic carbocycles. The van der Waals surface area contributed by atoms with E-state index in [0.717, 1.165) is 11.1 Å². The van der Waals surface area contributed by atoms with Gasteiger partial charge in [-0.25, -0.2) is 9.18 Å². The molecule has 0 unspecified atom stereocenters. The molecule has 6 nitrogen and oxygen atoms in total. The van der Waals surface area contributed by atoms with Crippen molar-refractivity contribution >= 4 is 19.3 Å². The van der Waals surface area contributed by atoms with Crippen molar-refractivity contribution in [3.63, 3.8) is 0 Å².